The number of nitriles is 4. The van der Waals surface area contributed by atoms with E-state index in [-0.39, 0.29) is 120 Å². The molecular formula is C100H66F2N32O10. The number of carbonyl (C=O) groups is 6. The highest BCUT2D eigenvalue weighted by Crippen LogP contribution is 2.46. The quantitative estimate of drug-likeness (QED) is 0.0222. The molecule has 0 spiro atoms. The molecule has 0 unspecified atom stereocenters. The second-order valence-corrected chi connectivity index (χ2v) is 30.1. The van der Waals surface area contributed by atoms with Crippen molar-refractivity contribution in [2.75, 3.05) is 26.6 Å². The van der Waals surface area contributed by atoms with Crippen LogP contribution in [0.25, 0.3) is 60.9 Å². The molecule has 44 heteroatoms. The van der Waals surface area contributed by atoms with E-state index in [0.29, 0.717) is 66.9 Å². The Kier molecular flexibility index (Phi) is 28.5. The van der Waals surface area contributed by atoms with Gasteiger partial charge in [0.05, 0.1) is 58.4 Å². The lowest BCUT2D eigenvalue weighted by molar-refractivity contribution is -0.105. The van der Waals surface area contributed by atoms with Crippen LogP contribution in [0.5, 0.6) is 23.0 Å². The Hall–Kier alpha value is -22.0. The summed E-state index contributed by atoms with van der Waals surface area (Å²) in [5, 5.41) is 149. The van der Waals surface area contributed by atoms with E-state index in [9.17, 15) is 79.0 Å². The zero-order chi connectivity index (χ0) is 101. The van der Waals surface area contributed by atoms with Gasteiger partial charge < -0.3 is 52.7 Å². The molecular weight excluding hydrogens is 1850 g/mol. The van der Waals surface area contributed by atoms with Crippen LogP contribution in [-0.2, 0) is 11.8 Å². The molecule has 19 aromatic rings. The van der Waals surface area contributed by atoms with E-state index in [2.05, 4.69) is 118 Å². The number of aromatic nitrogens is 14. The Balaban J connectivity index is 0.000000138. The second-order valence-electron chi connectivity index (χ2n) is 30.1. The van der Waals surface area contributed by atoms with Crippen LogP contribution in [0, 0.1) is 63.9 Å². The van der Waals surface area contributed by atoms with Gasteiger partial charge in [0, 0.05) is 82.7 Å². The molecule has 0 atom stereocenters. The maximum absolute atomic E-state index is 14.1. The van der Waals surface area contributed by atoms with Gasteiger partial charge in [-0.3, -0.25) is 28.8 Å². The summed E-state index contributed by atoms with van der Waals surface area (Å²) < 4.78 is 33.3. The maximum Gasteiger partial charge on any atom is 0.259 e. The number of aromatic hydroxyl groups is 4. The van der Waals surface area contributed by atoms with Crippen molar-refractivity contribution in [3.63, 3.8) is 0 Å². The Morgan fingerprint density at radius 3 is 1.04 bits per heavy atom. The molecule has 0 aliphatic heterocycles. The molecule has 0 bridgehead atoms. The fraction of sp³-hybridized carbons (Fsp3) is 0.0200. The summed E-state index contributed by atoms with van der Waals surface area (Å²) >= 11 is 0. The van der Waals surface area contributed by atoms with E-state index in [1.165, 1.54) is 123 Å². The zero-order valence-electron chi connectivity index (χ0n) is 74.5. The van der Waals surface area contributed by atoms with Crippen molar-refractivity contribution >= 4 is 153 Å². The Morgan fingerprint density at radius 2 is 0.681 bits per heavy atom. The molecule has 0 saturated heterocycles. The van der Waals surface area contributed by atoms with Crippen LogP contribution in [0.15, 0.2) is 333 Å². The highest BCUT2D eigenvalue weighted by Gasteiger charge is 2.28. The average Bonchev–Trinajstić information content (AvgIpc) is 1.04. The van der Waals surface area contributed by atoms with Crippen molar-refractivity contribution < 1.29 is 58.0 Å². The first-order chi connectivity index (χ1) is 70.0. The van der Waals surface area contributed by atoms with Gasteiger partial charge in [0.15, 0.2) is 46.3 Å². The van der Waals surface area contributed by atoms with Gasteiger partial charge in [-0.25, -0.2) is 43.4 Å². The topological polar surface area (TPSA) is 612 Å². The number of primary amides is 1. The molecule has 0 aliphatic rings. The standard InChI is InChI=1S/2C26H17N9O3.C25H14F2N8O2.C23H18N6O2/c27-13-17-14-31-35(26-28-10-5-11-29-26)24(17)34-33-22-18-7-2-1-6-16(18)12-19(23(22)37)25(38)32-21-9-4-3-8-20(21)30-15-36;27-13-17-14-31-35(26-29-10-3-11-30-26)24(17)34-33-21-19-5-2-1-4-16(19)12-20(22(21)36)25(38)32-18-8-6-15(7-9-18)23(28)37;26-18-7-3-8-19(27)21(18)32-24(37)17-11-14-5-1-2-6-16(14)20(22(17)36)33-34-23-15(12-28)13-31-35(23)25-29-9-4-10-30-25;1-14-7-3-6-10-19(14)26-23(31)18-11-15-8-4-5-9-17(15)20(21(18)30)27-28-22-16(12-24)13-25-29(22)2/h1-12,14-15,37H,(H,30,36)(H,32,38);1-12,14,36H,(H2,28,37)(H,32,38);1-11,13,36H,(H,32,37);3-11,13,30H,1-2H3,(H,26,31). The van der Waals surface area contributed by atoms with Crippen molar-refractivity contribution in [3.05, 3.63) is 360 Å². The van der Waals surface area contributed by atoms with Crippen LogP contribution in [0.3, 0.4) is 0 Å². The SMILES string of the molecule is Cc1ccccc1NC(=O)c1cc2ccccc2c(N=Nc2c(C#N)cnn2C)c1O.N#Cc1cnn(-c2ncccn2)c1N=Nc1c(O)c(C(=O)Nc2c(F)cccc2F)cc2ccccc12.N#Cc1cnn(-c2ncccn2)c1N=Nc1c(O)c(C(=O)Nc2ccc(C(N)=O)cc2)cc2ccccc12.N#Cc1cnn(-c2ncccn2)c1N=Nc1c(O)c(C(=O)Nc2ccccc2NC=O)cc2ccccc12. The molecule has 0 aliphatic carbocycles. The van der Waals surface area contributed by atoms with Crippen molar-refractivity contribution in [2.45, 2.75) is 6.92 Å². The number of hydrogen-bond acceptors (Lipinski definition) is 32. The van der Waals surface area contributed by atoms with E-state index in [1.807, 2.05) is 61.5 Å². The predicted molar refractivity (Wildman–Crippen MR) is 519 cm³/mol. The number of rotatable bonds is 22. The number of anilines is 5. The summed E-state index contributed by atoms with van der Waals surface area (Å²) in [5.74, 6) is -6.14. The minimum absolute atomic E-state index is 0.0122. The van der Waals surface area contributed by atoms with Gasteiger partial charge in [-0.2, -0.15) is 55.5 Å². The molecule has 0 fully saturated rings. The van der Waals surface area contributed by atoms with E-state index in [0.717, 1.165) is 29.1 Å². The third-order valence-corrected chi connectivity index (χ3v) is 21.2. The van der Waals surface area contributed by atoms with Crippen LogP contribution in [0.4, 0.5) is 83.2 Å². The molecule has 7 aromatic heterocycles. The van der Waals surface area contributed by atoms with Crippen molar-refractivity contribution in [1.29, 1.82) is 21.0 Å². The van der Waals surface area contributed by atoms with Gasteiger partial charge in [-0.1, -0.05) is 133 Å². The third kappa shape index (κ3) is 20.6. The van der Waals surface area contributed by atoms with E-state index in [1.54, 1.807) is 147 Å². The number of benzene rings is 12. The number of nitrogens with one attached hydrogen (secondary N) is 5. The van der Waals surface area contributed by atoms with Gasteiger partial charge >= 0.3 is 0 Å². The number of halogens is 2. The summed E-state index contributed by atoms with van der Waals surface area (Å²) in [4.78, 5) is 99.2. The molecule has 0 saturated carbocycles. The first-order valence-corrected chi connectivity index (χ1v) is 42.3. The lowest BCUT2D eigenvalue weighted by atomic mass is 10.0. The zero-order valence-corrected chi connectivity index (χ0v) is 74.5. The van der Waals surface area contributed by atoms with Crippen molar-refractivity contribution in [2.24, 2.45) is 53.7 Å². The number of nitrogens with zero attached hydrogens (tertiary/aromatic N) is 26. The summed E-state index contributed by atoms with van der Waals surface area (Å²) in [5.41, 5.74) is 7.79. The van der Waals surface area contributed by atoms with Crippen LogP contribution in [0.2, 0.25) is 0 Å². The van der Waals surface area contributed by atoms with Crippen molar-refractivity contribution in [1.82, 2.24) is 69.0 Å². The van der Waals surface area contributed by atoms with E-state index in [4.69, 9.17) is 5.73 Å². The number of carbonyl (C=O) groups excluding carboxylic acids is 6. The normalized spacial score (nSPS) is 10.9. The van der Waals surface area contributed by atoms with Gasteiger partial charge in [-0.15, -0.1) is 40.9 Å². The smallest absolute Gasteiger partial charge is 0.259 e. The van der Waals surface area contributed by atoms with Gasteiger partial charge in [0.1, 0.15) is 86.6 Å². The lowest BCUT2D eigenvalue weighted by Gasteiger charge is -2.13. The number of nitrogens with two attached hydrogens (primary N) is 1. The maximum atomic E-state index is 14.1. The number of aryl methyl sites for hydroxylation is 2. The highest BCUT2D eigenvalue weighted by molar-refractivity contribution is 6.16. The minimum Gasteiger partial charge on any atom is -0.505 e. The number of phenols is 4. The monoisotopic (exact) mass is 1910 g/mol. The van der Waals surface area contributed by atoms with Gasteiger partial charge in [0.25, 0.3) is 41.5 Å². The molecule has 11 N–H and O–H groups in total. The number of azo groups is 4. The Morgan fingerprint density at radius 1 is 0.368 bits per heavy atom. The molecule has 144 heavy (non-hydrogen) atoms. The molecule has 6 amide bonds. The third-order valence-electron chi connectivity index (χ3n) is 21.2. The van der Waals surface area contributed by atoms with E-state index < -0.39 is 64.1 Å². The number of phenolic OH excluding ortho intramolecular Hbond substituents is 4. The van der Waals surface area contributed by atoms with Crippen molar-refractivity contribution in [3.8, 4) is 65.1 Å². The van der Waals surface area contributed by atoms with Gasteiger partial charge in [-0.05, 0) is 131 Å². The molecule has 0 radical (unpaired) electrons. The number of hydrogen-bond donors (Lipinski definition) is 10. The first kappa shape index (κ1) is 95.2. The first-order valence-electron chi connectivity index (χ1n) is 42.3. The number of para-hydroxylation sites is 4. The highest BCUT2D eigenvalue weighted by atomic mass is 19.1. The fourth-order valence-corrected chi connectivity index (χ4v) is 14.2. The molecule has 7 heterocycles. The van der Waals surface area contributed by atoms with Crippen LogP contribution in [0.1, 0.15) is 79.6 Å². The van der Waals surface area contributed by atoms with Crippen LogP contribution < -0.4 is 32.3 Å². The largest absolute Gasteiger partial charge is 0.505 e. The van der Waals surface area contributed by atoms with Crippen LogP contribution in [-0.4, -0.2) is 125 Å². The molecule has 12 aromatic carbocycles. The average molecular weight is 1910 g/mol. The summed E-state index contributed by atoms with van der Waals surface area (Å²) in [6.45, 7) is 1.89. The molecule has 19 rings (SSSR count). The van der Waals surface area contributed by atoms with Crippen LogP contribution >= 0.6 is 0 Å². The molecule has 42 nitrogen and oxygen atoms in total. The molecule has 700 valence electrons. The Labute approximate surface area is 809 Å². The second kappa shape index (κ2) is 43.1. The summed E-state index contributed by atoms with van der Waals surface area (Å²) in [6.07, 6.45) is 14.8. The van der Waals surface area contributed by atoms with Gasteiger partial charge in [0.2, 0.25) is 12.3 Å². The summed E-state index contributed by atoms with van der Waals surface area (Å²) in [7, 11) is 1.64. The number of amides is 6. The fourth-order valence-electron chi connectivity index (χ4n) is 14.2. The summed E-state index contributed by atoms with van der Waals surface area (Å²) in [6, 6.07) is 69.9. The predicted octanol–water partition coefficient (Wildman–Crippen LogP) is 19.3. The number of fused-ring (bicyclic) bond motifs is 4. The Bertz CT molecular complexity index is 8570. The lowest BCUT2D eigenvalue weighted by Crippen LogP contribution is -2.14. The van der Waals surface area contributed by atoms with E-state index >= 15 is 0 Å². The minimum atomic E-state index is -0.978.